The van der Waals surface area contributed by atoms with Crippen LogP contribution >= 0.6 is 11.3 Å². The summed E-state index contributed by atoms with van der Waals surface area (Å²) < 4.78 is 38.4. The summed E-state index contributed by atoms with van der Waals surface area (Å²) >= 11 is 1.48. The van der Waals surface area contributed by atoms with Crippen molar-refractivity contribution in [2.24, 2.45) is 5.73 Å². The average Bonchev–Trinajstić information content (AvgIpc) is 2.89. The van der Waals surface area contributed by atoms with Gasteiger partial charge in [0.05, 0.1) is 23.3 Å². The molecule has 0 bridgehead atoms. The molecule has 3 nitrogen and oxygen atoms in total. The Morgan fingerprint density at radius 1 is 1.35 bits per heavy atom. The molecule has 0 saturated heterocycles. The summed E-state index contributed by atoms with van der Waals surface area (Å²) in [6.45, 7) is 0.395. The van der Waals surface area contributed by atoms with Gasteiger partial charge in [-0.1, -0.05) is 0 Å². The summed E-state index contributed by atoms with van der Waals surface area (Å²) in [7, 11) is 1.81. The molecule has 108 valence electrons. The molecule has 2 N–H and O–H groups in total. The molecule has 0 aliphatic heterocycles. The van der Waals surface area contributed by atoms with Crippen molar-refractivity contribution >= 4 is 17.0 Å². The fraction of sp³-hybridized carbons (Fsp3) is 0.308. The zero-order valence-electron chi connectivity index (χ0n) is 10.8. The summed E-state index contributed by atoms with van der Waals surface area (Å²) in [5, 5.41) is 1.91. The Balaban J connectivity index is 2.25. The summed E-state index contributed by atoms with van der Waals surface area (Å²) in [6, 6.07) is 4.01. The van der Waals surface area contributed by atoms with E-state index in [1.807, 2.05) is 17.3 Å². The summed E-state index contributed by atoms with van der Waals surface area (Å²) in [6.07, 6.45) is -4.37. The van der Waals surface area contributed by atoms with Gasteiger partial charge in [-0.15, -0.1) is 11.3 Å². The van der Waals surface area contributed by atoms with Gasteiger partial charge in [-0.25, -0.2) is 4.98 Å². The van der Waals surface area contributed by atoms with Crippen molar-refractivity contribution < 1.29 is 13.2 Å². The number of anilines is 1. The van der Waals surface area contributed by atoms with Crippen LogP contribution in [-0.4, -0.2) is 12.0 Å². The van der Waals surface area contributed by atoms with Crippen LogP contribution in [0.5, 0.6) is 0 Å². The van der Waals surface area contributed by atoms with E-state index in [9.17, 15) is 13.2 Å². The number of nitrogens with zero attached hydrogens (tertiary/aromatic N) is 2. The van der Waals surface area contributed by atoms with E-state index >= 15 is 0 Å². The normalized spacial score (nSPS) is 11.7. The van der Waals surface area contributed by atoms with Crippen LogP contribution in [0.2, 0.25) is 0 Å². The monoisotopic (exact) mass is 301 g/mol. The molecule has 1 aromatic carbocycles. The van der Waals surface area contributed by atoms with Gasteiger partial charge in [-0.05, 0) is 23.8 Å². The Morgan fingerprint density at radius 3 is 2.65 bits per heavy atom. The van der Waals surface area contributed by atoms with Gasteiger partial charge < -0.3 is 10.6 Å². The Bertz CT molecular complexity index is 567. The number of aromatic nitrogens is 1. The number of alkyl halides is 3. The lowest BCUT2D eigenvalue weighted by Crippen LogP contribution is -2.18. The van der Waals surface area contributed by atoms with Crippen LogP contribution in [0.1, 0.15) is 16.8 Å². The molecular weight excluding hydrogens is 287 g/mol. The van der Waals surface area contributed by atoms with Crippen LogP contribution in [0.15, 0.2) is 29.1 Å². The van der Waals surface area contributed by atoms with E-state index in [1.54, 1.807) is 5.51 Å². The standard InChI is InChI=1S/C13H14F3N3S/c1-19(6-10-7-20-8-18-10)11-2-3-12(13(14,15)16)9(4-11)5-17/h2-4,7-8H,5-6,17H2,1H3. The van der Waals surface area contributed by atoms with Crippen LogP contribution < -0.4 is 10.6 Å². The molecule has 0 fully saturated rings. The first-order chi connectivity index (χ1) is 9.41. The summed E-state index contributed by atoms with van der Waals surface area (Å²) in [4.78, 5) is 5.99. The summed E-state index contributed by atoms with van der Waals surface area (Å²) in [5.74, 6) is 0. The second-order valence-corrected chi connectivity index (χ2v) is 5.10. The van der Waals surface area contributed by atoms with Crippen molar-refractivity contribution in [1.82, 2.24) is 4.98 Å². The quantitative estimate of drug-likeness (QED) is 0.942. The van der Waals surface area contributed by atoms with Gasteiger partial charge in [0, 0.05) is 24.7 Å². The molecule has 0 aliphatic carbocycles. The second-order valence-electron chi connectivity index (χ2n) is 4.38. The minimum Gasteiger partial charge on any atom is -0.369 e. The van der Waals surface area contributed by atoms with Gasteiger partial charge >= 0.3 is 6.18 Å². The molecular formula is C13H14F3N3S. The first-order valence-electron chi connectivity index (χ1n) is 5.90. The number of thiazole rings is 1. The van der Waals surface area contributed by atoms with Crippen molar-refractivity contribution in [3.8, 4) is 0 Å². The third-order valence-corrected chi connectivity index (χ3v) is 3.57. The molecule has 0 saturated carbocycles. The smallest absolute Gasteiger partial charge is 0.369 e. The predicted octanol–water partition coefficient (Wildman–Crippen LogP) is 3.26. The molecule has 2 rings (SSSR count). The minimum atomic E-state index is -4.37. The highest BCUT2D eigenvalue weighted by Gasteiger charge is 2.33. The third-order valence-electron chi connectivity index (χ3n) is 2.94. The van der Waals surface area contributed by atoms with Crippen LogP contribution in [-0.2, 0) is 19.3 Å². The highest BCUT2D eigenvalue weighted by molar-refractivity contribution is 7.07. The SMILES string of the molecule is CN(Cc1cscn1)c1ccc(C(F)(F)F)c(CN)c1. The van der Waals surface area contributed by atoms with Gasteiger partial charge in [0.1, 0.15) is 0 Å². The Labute approximate surface area is 118 Å². The van der Waals surface area contributed by atoms with Crippen molar-refractivity contribution in [1.29, 1.82) is 0 Å². The minimum absolute atomic E-state index is 0.0973. The van der Waals surface area contributed by atoms with E-state index in [0.29, 0.717) is 12.2 Å². The first kappa shape index (κ1) is 14.8. The summed E-state index contributed by atoms with van der Waals surface area (Å²) in [5.41, 5.74) is 8.14. The molecule has 0 amide bonds. The largest absolute Gasteiger partial charge is 0.416 e. The molecule has 20 heavy (non-hydrogen) atoms. The zero-order valence-corrected chi connectivity index (χ0v) is 11.6. The Kier molecular flexibility index (Phi) is 4.29. The van der Waals surface area contributed by atoms with Crippen molar-refractivity contribution in [2.75, 3.05) is 11.9 Å². The van der Waals surface area contributed by atoms with Crippen molar-refractivity contribution in [3.05, 3.63) is 45.9 Å². The Morgan fingerprint density at radius 2 is 2.10 bits per heavy atom. The fourth-order valence-corrected chi connectivity index (χ4v) is 2.46. The van der Waals surface area contributed by atoms with Gasteiger partial charge in [0.25, 0.3) is 0 Å². The molecule has 1 aromatic heterocycles. The van der Waals surface area contributed by atoms with E-state index in [2.05, 4.69) is 4.98 Å². The number of hydrogen-bond donors (Lipinski definition) is 1. The van der Waals surface area contributed by atoms with E-state index in [-0.39, 0.29) is 12.1 Å². The number of benzene rings is 1. The lowest BCUT2D eigenvalue weighted by atomic mass is 10.1. The molecule has 0 unspecified atom stereocenters. The van der Waals surface area contributed by atoms with Crippen LogP contribution in [0.3, 0.4) is 0 Å². The average molecular weight is 301 g/mol. The lowest BCUT2D eigenvalue weighted by Gasteiger charge is -2.21. The van der Waals surface area contributed by atoms with E-state index in [0.717, 1.165) is 11.8 Å². The van der Waals surface area contributed by atoms with Gasteiger partial charge in [-0.3, -0.25) is 0 Å². The molecule has 7 heteroatoms. The molecule has 1 heterocycles. The topological polar surface area (TPSA) is 42.2 Å². The third kappa shape index (κ3) is 3.29. The predicted molar refractivity (Wildman–Crippen MR) is 73.6 cm³/mol. The number of halogens is 3. The molecule has 2 aromatic rings. The second kappa shape index (κ2) is 5.80. The van der Waals surface area contributed by atoms with Crippen LogP contribution in [0.25, 0.3) is 0 Å². The van der Waals surface area contributed by atoms with Crippen molar-refractivity contribution in [2.45, 2.75) is 19.3 Å². The van der Waals surface area contributed by atoms with E-state index in [1.165, 1.54) is 23.5 Å². The van der Waals surface area contributed by atoms with Gasteiger partial charge in [-0.2, -0.15) is 13.2 Å². The maximum Gasteiger partial charge on any atom is 0.416 e. The number of hydrogen-bond acceptors (Lipinski definition) is 4. The van der Waals surface area contributed by atoms with Crippen molar-refractivity contribution in [3.63, 3.8) is 0 Å². The van der Waals surface area contributed by atoms with Gasteiger partial charge in [0.2, 0.25) is 0 Å². The fourth-order valence-electron chi connectivity index (χ4n) is 1.91. The highest BCUT2D eigenvalue weighted by Crippen LogP contribution is 2.33. The molecule has 0 spiro atoms. The highest BCUT2D eigenvalue weighted by atomic mass is 32.1. The molecule has 0 aliphatic rings. The van der Waals surface area contributed by atoms with Gasteiger partial charge in [0.15, 0.2) is 0 Å². The molecule has 0 radical (unpaired) electrons. The lowest BCUT2D eigenvalue weighted by molar-refractivity contribution is -0.138. The number of nitrogens with two attached hydrogens (primary N) is 1. The maximum atomic E-state index is 12.8. The molecule has 0 atom stereocenters. The maximum absolute atomic E-state index is 12.8. The first-order valence-corrected chi connectivity index (χ1v) is 6.84. The van der Waals surface area contributed by atoms with Crippen LogP contribution in [0, 0.1) is 0 Å². The Hall–Kier alpha value is -1.60. The number of rotatable bonds is 4. The van der Waals surface area contributed by atoms with Crippen LogP contribution in [0.4, 0.5) is 18.9 Å². The zero-order chi connectivity index (χ0) is 14.8. The van der Waals surface area contributed by atoms with E-state index < -0.39 is 11.7 Å². The van der Waals surface area contributed by atoms with E-state index in [4.69, 9.17) is 5.73 Å².